The first-order valence-electron chi connectivity index (χ1n) is 6.02. The Morgan fingerprint density at radius 1 is 1.21 bits per heavy atom. The Hall–Kier alpha value is -0.0800. The van der Waals surface area contributed by atoms with Crippen molar-refractivity contribution >= 4 is 0 Å². The van der Waals surface area contributed by atoms with E-state index in [0.29, 0.717) is 6.04 Å². The first kappa shape index (κ1) is 13.9. The minimum absolute atomic E-state index is 0.652. The molecule has 2 nitrogen and oxygen atoms in total. The molecule has 2 heteroatoms. The molecule has 0 aromatic rings. The zero-order chi connectivity index (χ0) is 11.0. The van der Waals surface area contributed by atoms with Crippen molar-refractivity contribution in [3.8, 4) is 0 Å². The van der Waals surface area contributed by atoms with Crippen LogP contribution in [0, 0.1) is 5.92 Å². The van der Waals surface area contributed by atoms with E-state index in [1.165, 1.54) is 25.9 Å². The molecule has 0 aliphatic rings. The van der Waals surface area contributed by atoms with Crippen molar-refractivity contribution in [1.82, 2.24) is 10.2 Å². The highest BCUT2D eigenvalue weighted by molar-refractivity contribution is 4.63. The summed E-state index contributed by atoms with van der Waals surface area (Å²) in [6, 6.07) is 0.652. The van der Waals surface area contributed by atoms with Gasteiger partial charge in [-0.3, -0.25) is 0 Å². The summed E-state index contributed by atoms with van der Waals surface area (Å²) in [4.78, 5) is 2.45. The van der Waals surface area contributed by atoms with Crippen LogP contribution in [0.1, 0.15) is 40.5 Å². The average molecular weight is 200 g/mol. The van der Waals surface area contributed by atoms with Crippen LogP contribution >= 0.6 is 0 Å². The largest absolute Gasteiger partial charge is 0.314 e. The van der Waals surface area contributed by atoms with E-state index in [9.17, 15) is 0 Å². The third kappa shape index (κ3) is 7.34. The molecule has 0 aromatic heterocycles. The molecule has 0 spiro atoms. The number of rotatable bonds is 8. The molecule has 2 atom stereocenters. The molecule has 0 saturated carbocycles. The predicted octanol–water partition coefficient (Wildman–Crippen LogP) is 2.35. The van der Waals surface area contributed by atoms with Crippen molar-refractivity contribution in [2.24, 2.45) is 5.92 Å². The Bertz CT molecular complexity index is 125. The molecule has 0 bridgehead atoms. The van der Waals surface area contributed by atoms with Gasteiger partial charge in [0.15, 0.2) is 0 Å². The maximum atomic E-state index is 3.44. The topological polar surface area (TPSA) is 15.3 Å². The Morgan fingerprint density at radius 2 is 1.86 bits per heavy atom. The zero-order valence-corrected chi connectivity index (χ0v) is 10.6. The fraction of sp³-hybridized carbons (Fsp3) is 1.00. The molecule has 0 aliphatic heterocycles. The van der Waals surface area contributed by atoms with Crippen LogP contribution in [0.25, 0.3) is 0 Å². The van der Waals surface area contributed by atoms with Gasteiger partial charge in [0.2, 0.25) is 0 Å². The van der Waals surface area contributed by atoms with Crippen molar-refractivity contribution in [3.05, 3.63) is 0 Å². The van der Waals surface area contributed by atoms with E-state index in [4.69, 9.17) is 0 Å². The second kappa shape index (κ2) is 8.25. The fourth-order valence-corrected chi connectivity index (χ4v) is 1.62. The molecule has 2 unspecified atom stereocenters. The lowest BCUT2D eigenvalue weighted by Gasteiger charge is -2.22. The third-order valence-electron chi connectivity index (χ3n) is 2.82. The SMILES string of the molecule is CCNC(C)CCN(C)CC(C)CC. The summed E-state index contributed by atoms with van der Waals surface area (Å²) in [6.07, 6.45) is 2.54. The summed E-state index contributed by atoms with van der Waals surface area (Å²) in [5.74, 6) is 0.828. The van der Waals surface area contributed by atoms with Crippen LogP contribution in [0.3, 0.4) is 0 Å². The van der Waals surface area contributed by atoms with Crippen molar-refractivity contribution < 1.29 is 0 Å². The lowest BCUT2D eigenvalue weighted by atomic mass is 10.1. The maximum absolute atomic E-state index is 3.44. The highest BCUT2D eigenvalue weighted by Gasteiger charge is 2.06. The Morgan fingerprint density at radius 3 is 2.36 bits per heavy atom. The lowest BCUT2D eigenvalue weighted by Crippen LogP contribution is -2.32. The van der Waals surface area contributed by atoms with Crippen LogP contribution < -0.4 is 5.32 Å². The summed E-state index contributed by atoms with van der Waals surface area (Å²) in [7, 11) is 2.23. The molecule has 0 saturated heterocycles. The Kier molecular flexibility index (Phi) is 8.20. The van der Waals surface area contributed by atoms with E-state index < -0.39 is 0 Å². The van der Waals surface area contributed by atoms with E-state index in [-0.39, 0.29) is 0 Å². The highest BCUT2D eigenvalue weighted by Crippen LogP contribution is 2.03. The van der Waals surface area contributed by atoms with E-state index >= 15 is 0 Å². The minimum Gasteiger partial charge on any atom is -0.314 e. The van der Waals surface area contributed by atoms with Gasteiger partial charge in [-0.1, -0.05) is 27.2 Å². The summed E-state index contributed by atoms with van der Waals surface area (Å²) in [6.45, 7) is 12.5. The van der Waals surface area contributed by atoms with E-state index in [2.05, 4.69) is 45.0 Å². The number of nitrogens with zero attached hydrogens (tertiary/aromatic N) is 1. The smallest absolute Gasteiger partial charge is 0.00507 e. The van der Waals surface area contributed by atoms with Crippen molar-refractivity contribution in [2.45, 2.75) is 46.6 Å². The predicted molar refractivity (Wildman–Crippen MR) is 64.7 cm³/mol. The maximum Gasteiger partial charge on any atom is 0.00507 e. The average Bonchev–Trinajstić information content (AvgIpc) is 2.15. The number of nitrogens with one attached hydrogen (secondary N) is 1. The van der Waals surface area contributed by atoms with Crippen molar-refractivity contribution in [3.63, 3.8) is 0 Å². The van der Waals surface area contributed by atoms with Crippen molar-refractivity contribution in [2.75, 3.05) is 26.7 Å². The third-order valence-corrected chi connectivity index (χ3v) is 2.82. The monoisotopic (exact) mass is 200 g/mol. The Balaban J connectivity index is 3.47. The molecule has 0 fully saturated rings. The van der Waals surface area contributed by atoms with E-state index in [1.807, 2.05) is 0 Å². The second-order valence-corrected chi connectivity index (χ2v) is 4.52. The first-order valence-corrected chi connectivity index (χ1v) is 6.02. The minimum atomic E-state index is 0.652. The van der Waals surface area contributed by atoms with Gasteiger partial charge in [0.25, 0.3) is 0 Å². The molecule has 0 aromatic carbocycles. The van der Waals surface area contributed by atoms with Crippen LogP contribution in [0.2, 0.25) is 0 Å². The summed E-state index contributed by atoms with van der Waals surface area (Å²) < 4.78 is 0. The van der Waals surface area contributed by atoms with E-state index in [1.54, 1.807) is 0 Å². The second-order valence-electron chi connectivity index (χ2n) is 4.52. The van der Waals surface area contributed by atoms with Crippen LogP contribution in [0.15, 0.2) is 0 Å². The highest BCUT2D eigenvalue weighted by atomic mass is 15.1. The summed E-state index contributed by atoms with van der Waals surface area (Å²) in [5.41, 5.74) is 0. The summed E-state index contributed by atoms with van der Waals surface area (Å²) >= 11 is 0. The number of hydrogen-bond donors (Lipinski definition) is 1. The van der Waals surface area contributed by atoms with Gasteiger partial charge in [0.05, 0.1) is 0 Å². The molecular weight excluding hydrogens is 172 g/mol. The fourth-order valence-electron chi connectivity index (χ4n) is 1.62. The zero-order valence-electron chi connectivity index (χ0n) is 10.6. The molecule has 1 N–H and O–H groups in total. The van der Waals surface area contributed by atoms with Gasteiger partial charge in [0.1, 0.15) is 0 Å². The van der Waals surface area contributed by atoms with Crippen LogP contribution in [0.5, 0.6) is 0 Å². The molecule has 86 valence electrons. The van der Waals surface area contributed by atoms with Crippen LogP contribution in [-0.2, 0) is 0 Å². The first-order chi connectivity index (χ1) is 6.60. The molecule has 14 heavy (non-hydrogen) atoms. The normalized spacial score (nSPS) is 15.9. The molecule has 0 radical (unpaired) electrons. The Labute approximate surface area is 90.1 Å². The standard InChI is InChI=1S/C12H28N2/c1-6-11(3)10-14(5)9-8-12(4)13-7-2/h11-13H,6-10H2,1-5H3. The van der Waals surface area contributed by atoms with Gasteiger partial charge in [0, 0.05) is 12.6 Å². The van der Waals surface area contributed by atoms with Gasteiger partial charge in [-0.2, -0.15) is 0 Å². The van der Waals surface area contributed by atoms with E-state index in [0.717, 1.165) is 12.5 Å². The summed E-state index contributed by atoms with van der Waals surface area (Å²) in [5, 5.41) is 3.44. The van der Waals surface area contributed by atoms with Gasteiger partial charge >= 0.3 is 0 Å². The number of hydrogen-bond acceptors (Lipinski definition) is 2. The lowest BCUT2D eigenvalue weighted by molar-refractivity contribution is 0.268. The van der Waals surface area contributed by atoms with Gasteiger partial charge in [-0.15, -0.1) is 0 Å². The van der Waals surface area contributed by atoms with Gasteiger partial charge in [-0.25, -0.2) is 0 Å². The van der Waals surface area contributed by atoms with Gasteiger partial charge in [-0.05, 0) is 39.4 Å². The quantitative estimate of drug-likeness (QED) is 0.647. The molecule has 0 amide bonds. The van der Waals surface area contributed by atoms with Crippen molar-refractivity contribution in [1.29, 1.82) is 0 Å². The molecule has 0 aliphatic carbocycles. The van der Waals surface area contributed by atoms with Crippen LogP contribution in [0.4, 0.5) is 0 Å². The molecule has 0 heterocycles. The van der Waals surface area contributed by atoms with Crippen LogP contribution in [-0.4, -0.2) is 37.6 Å². The molecular formula is C12H28N2. The van der Waals surface area contributed by atoms with Gasteiger partial charge < -0.3 is 10.2 Å². The molecule has 0 rings (SSSR count).